The van der Waals surface area contributed by atoms with Crippen molar-refractivity contribution in [2.75, 3.05) is 0 Å². The van der Waals surface area contributed by atoms with Crippen LogP contribution < -0.4 is 10.1 Å². The van der Waals surface area contributed by atoms with Crippen molar-refractivity contribution in [1.82, 2.24) is 10.3 Å². The van der Waals surface area contributed by atoms with E-state index in [1.54, 1.807) is 18.3 Å². The number of aliphatic hydroxyl groups excluding tert-OH is 1. The van der Waals surface area contributed by atoms with Crippen LogP contribution in [0.3, 0.4) is 0 Å². The Kier molecular flexibility index (Phi) is 5.20. The lowest BCUT2D eigenvalue weighted by Crippen LogP contribution is -2.50. The first-order chi connectivity index (χ1) is 11.2. The van der Waals surface area contributed by atoms with E-state index in [0.717, 1.165) is 24.8 Å². The highest BCUT2D eigenvalue weighted by molar-refractivity contribution is 5.23. The fourth-order valence-corrected chi connectivity index (χ4v) is 2.96. The van der Waals surface area contributed by atoms with E-state index >= 15 is 0 Å². The third-order valence-electron chi connectivity index (χ3n) is 4.17. The van der Waals surface area contributed by atoms with Crippen molar-refractivity contribution < 1.29 is 14.2 Å². The predicted octanol–water partition coefficient (Wildman–Crippen LogP) is 2.67. The molecule has 122 valence electrons. The highest BCUT2D eigenvalue weighted by Crippen LogP contribution is 2.25. The fraction of sp³-hybridized carbons (Fsp3) is 0.389. The molecule has 0 bridgehead atoms. The Labute approximate surface area is 135 Å². The molecular formula is C18H21FN2O2. The summed E-state index contributed by atoms with van der Waals surface area (Å²) in [5, 5.41) is 13.9. The van der Waals surface area contributed by atoms with Crippen LogP contribution >= 0.6 is 0 Å². The molecule has 0 aliphatic heterocycles. The molecule has 1 aliphatic carbocycles. The standard InChI is InChI=1S/C18H21FN2O2/c19-14-5-1-6-15(10-14)23-17-8-2-7-16(18(17)22)21-12-13-4-3-9-20-11-13/h1,3-6,9-11,16-18,21-22H,2,7-8,12H2/t16-,17+,18+/m0/s1. The summed E-state index contributed by atoms with van der Waals surface area (Å²) < 4.78 is 19.0. The van der Waals surface area contributed by atoms with Gasteiger partial charge in [0.15, 0.2) is 0 Å². The minimum absolute atomic E-state index is 0.0393. The molecule has 0 radical (unpaired) electrons. The number of aromatic nitrogens is 1. The zero-order valence-corrected chi connectivity index (χ0v) is 12.9. The van der Waals surface area contributed by atoms with E-state index < -0.39 is 6.10 Å². The van der Waals surface area contributed by atoms with Crippen LogP contribution in [0.4, 0.5) is 4.39 Å². The van der Waals surface area contributed by atoms with Gasteiger partial charge >= 0.3 is 0 Å². The van der Waals surface area contributed by atoms with Gasteiger partial charge in [0.1, 0.15) is 23.8 Å². The van der Waals surface area contributed by atoms with Gasteiger partial charge in [-0.25, -0.2) is 4.39 Å². The van der Waals surface area contributed by atoms with Crippen LogP contribution in [0, 0.1) is 5.82 Å². The van der Waals surface area contributed by atoms with Crippen LogP contribution in [-0.4, -0.2) is 28.3 Å². The summed E-state index contributed by atoms with van der Waals surface area (Å²) in [6.07, 6.45) is 5.22. The van der Waals surface area contributed by atoms with E-state index in [1.807, 2.05) is 18.3 Å². The highest BCUT2D eigenvalue weighted by atomic mass is 19.1. The number of halogens is 1. The summed E-state index contributed by atoms with van der Waals surface area (Å²) in [5.41, 5.74) is 1.08. The number of nitrogens with one attached hydrogen (secondary N) is 1. The number of aliphatic hydroxyl groups is 1. The van der Waals surface area contributed by atoms with Crippen molar-refractivity contribution in [3.8, 4) is 5.75 Å². The second kappa shape index (κ2) is 7.53. The zero-order valence-electron chi connectivity index (χ0n) is 12.9. The van der Waals surface area contributed by atoms with E-state index in [1.165, 1.54) is 12.1 Å². The smallest absolute Gasteiger partial charge is 0.126 e. The van der Waals surface area contributed by atoms with Gasteiger partial charge in [0.05, 0.1) is 0 Å². The molecule has 1 saturated carbocycles. The van der Waals surface area contributed by atoms with Crippen LogP contribution in [0.1, 0.15) is 24.8 Å². The Morgan fingerprint density at radius 1 is 1.26 bits per heavy atom. The first-order valence-electron chi connectivity index (χ1n) is 7.95. The van der Waals surface area contributed by atoms with E-state index in [0.29, 0.717) is 12.3 Å². The summed E-state index contributed by atoms with van der Waals surface area (Å²) in [7, 11) is 0. The van der Waals surface area contributed by atoms with Crippen LogP contribution in [0.5, 0.6) is 5.75 Å². The maximum Gasteiger partial charge on any atom is 0.126 e. The van der Waals surface area contributed by atoms with E-state index in [4.69, 9.17) is 4.74 Å². The van der Waals surface area contributed by atoms with Gasteiger partial charge in [-0.1, -0.05) is 12.1 Å². The first-order valence-corrected chi connectivity index (χ1v) is 7.95. The molecule has 0 spiro atoms. The summed E-state index contributed by atoms with van der Waals surface area (Å²) >= 11 is 0. The molecule has 3 rings (SSSR count). The van der Waals surface area contributed by atoms with Crippen molar-refractivity contribution >= 4 is 0 Å². The van der Waals surface area contributed by atoms with Crippen LogP contribution in [-0.2, 0) is 6.54 Å². The van der Waals surface area contributed by atoms with Crippen LogP contribution in [0.2, 0.25) is 0 Å². The summed E-state index contributed by atoms with van der Waals surface area (Å²) in [6, 6.07) is 9.89. The highest BCUT2D eigenvalue weighted by Gasteiger charge is 2.33. The average molecular weight is 316 g/mol. The largest absolute Gasteiger partial charge is 0.488 e. The van der Waals surface area contributed by atoms with Gasteiger partial charge in [-0.2, -0.15) is 0 Å². The number of pyridine rings is 1. The van der Waals surface area contributed by atoms with E-state index in [2.05, 4.69) is 10.3 Å². The molecule has 3 atom stereocenters. The van der Waals surface area contributed by atoms with Gasteiger partial charge < -0.3 is 15.2 Å². The quantitative estimate of drug-likeness (QED) is 0.890. The molecule has 2 N–H and O–H groups in total. The number of rotatable bonds is 5. The second-order valence-corrected chi connectivity index (χ2v) is 5.88. The van der Waals surface area contributed by atoms with E-state index in [9.17, 15) is 9.50 Å². The topological polar surface area (TPSA) is 54.4 Å². The minimum Gasteiger partial charge on any atom is -0.488 e. The molecule has 23 heavy (non-hydrogen) atoms. The number of hydrogen-bond acceptors (Lipinski definition) is 4. The van der Waals surface area contributed by atoms with Gasteiger partial charge in [0, 0.05) is 31.0 Å². The second-order valence-electron chi connectivity index (χ2n) is 5.88. The Balaban J connectivity index is 1.58. The van der Waals surface area contributed by atoms with Gasteiger partial charge in [0.2, 0.25) is 0 Å². The molecule has 1 fully saturated rings. The summed E-state index contributed by atoms with van der Waals surface area (Å²) in [5.74, 6) is 0.126. The predicted molar refractivity (Wildman–Crippen MR) is 85.5 cm³/mol. The van der Waals surface area contributed by atoms with Crippen LogP contribution in [0.25, 0.3) is 0 Å². The van der Waals surface area contributed by atoms with Crippen molar-refractivity contribution in [2.24, 2.45) is 0 Å². The molecule has 1 aromatic heterocycles. The normalized spacial score (nSPS) is 24.3. The third kappa shape index (κ3) is 4.27. The molecule has 4 nitrogen and oxygen atoms in total. The maximum absolute atomic E-state index is 13.2. The molecule has 2 aromatic rings. The van der Waals surface area contributed by atoms with Crippen molar-refractivity contribution in [1.29, 1.82) is 0 Å². The Hall–Kier alpha value is -1.98. The van der Waals surface area contributed by atoms with Crippen LogP contribution in [0.15, 0.2) is 48.8 Å². The Morgan fingerprint density at radius 2 is 2.17 bits per heavy atom. The molecule has 1 heterocycles. The zero-order chi connectivity index (χ0) is 16.1. The van der Waals surface area contributed by atoms with Gasteiger partial charge in [0.25, 0.3) is 0 Å². The summed E-state index contributed by atoms with van der Waals surface area (Å²) in [4.78, 5) is 4.08. The number of hydrogen-bond donors (Lipinski definition) is 2. The molecular weight excluding hydrogens is 295 g/mol. The summed E-state index contributed by atoms with van der Waals surface area (Å²) in [6.45, 7) is 0.655. The molecule has 1 aromatic carbocycles. The fourth-order valence-electron chi connectivity index (χ4n) is 2.96. The number of ether oxygens (including phenoxy) is 1. The number of benzene rings is 1. The minimum atomic E-state index is -0.622. The van der Waals surface area contributed by atoms with Gasteiger partial charge in [-0.3, -0.25) is 4.98 Å². The Morgan fingerprint density at radius 3 is 2.96 bits per heavy atom. The molecule has 0 saturated heterocycles. The van der Waals surface area contributed by atoms with Crippen molar-refractivity contribution in [2.45, 2.75) is 44.1 Å². The lowest BCUT2D eigenvalue weighted by Gasteiger charge is -2.35. The van der Waals surface area contributed by atoms with Gasteiger partial charge in [-0.15, -0.1) is 0 Å². The molecule has 1 aliphatic rings. The lowest BCUT2D eigenvalue weighted by atomic mass is 9.89. The average Bonchev–Trinajstić information content (AvgIpc) is 2.57. The number of nitrogens with zero attached hydrogens (tertiary/aromatic N) is 1. The van der Waals surface area contributed by atoms with Crippen molar-refractivity contribution in [3.63, 3.8) is 0 Å². The molecule has 0 unspecified atom stereocenters. The van der Waals surface area contributed by atoms with Gasteiger partial charge in [-0.05, 0) is 43.0 Å². The maximum atomic E-state index is 13.2. The lowest BCUT2D eigenvalue weighted by molar-refractivity contribution is -0.0158. The third-order valence-corrected chi connectivity index (χ3v) is 4.17. The SMILES string of the molecule is O[C@@H]1[C@@H](NCc2cccnc2)CCC[C@H]1Oc1cccc(F)c1. The molecule has 5 heteroatoms. The first kappa shape index (κ1) is 15.9. The van der Waals surface area contributed by atoms with E-state index in [-0.39, 0.29) is 18.0 Å². The Bertz CT molecular complexity index is 623. The molecule has 0 amide bonds. The van der Waals surface area contributed by atoms with Crippen molar-refractivity contribution in [3.05, 3.63) is 60.2 Å². The monoisotopic (exact) mass is 316 g/mol.